The molecule has 174 valence electrons. The molecule has 0 aromatic heterocycles. The van der Waals surface area contributed by atoms with Gasteiger partial charge >= 0.3 is 6.36 Å². The first-order valence-electron chi connectivity index (χ1n) is 9.32. The van der Waals surface area contributed by atoms with Crippen molar-refractivity contribution >= 4 is 21.8 Å². The number of sulfonamides is 1. The molecule has 0 aliphatic rings. The molecule has 2 N–H and O–H groups in total. The monoisotopic (exact) mass is 473 g/mol. The van der Waals surface area contributed by atoms with Crippen LogP contribution in [0.15, 0.2) is 53.4 Å². The maximum atomic E-state index is 12.3. The molecule has 0 aliphatic heterocycles. The molecule has 0 atom stereocenters. The molecule has 0 bridgehead atoms. The van der Waals surface area contributed by atoms with E-state index in [1.807, 2.05) is 0 Å². The van der Waals surface area contributed by atoms with E-state index < -0.39 is 22.1 Å². The van der Waals surface area contributed by atoms with Crippen LogP contribution in [0.2, 0.25) is 0 Å². The van der Waals surface area contributed by atoms with E-state index in [1.165, 1.54) is 11.9 Å². The van der Waals surface area contributed by atoms with E-state index >= 15 is 0 Å². The van der Waals surface area contributed by atoms with Crippen LogP contribution in [0.5, 0.6) is 5.75 Å². The molecule has 0 saturated heterocycles. The summed E-state index contributed by atoms with van der Waals surface area (Å²) >= 11 is 0. The Labute approximate surface area is 183 Å². The number of nitrogens with zero attached hydrogens (tertiary/aromatic N) is 1. The number of ether oxygens (including phenoxy) is 1. The molecule has 0 radical (unpaired) electrons. The summed E-state index contributed by atoms with van der Waals surface area (Å²) in [5, 5.41) is 2.51. The fourth-order valence-electron chi connectivity index (χ4n) is 2.65. The Morgan fingerprint density at radius 3 is 2.16 bits per heavy atom. The lowest BCUT2D eigenvalue weighted by Crippen LogP contribution is -2.32. The minimum atomic E-state index is -4.88. The lowest BCUT2D eigenvalue weighted by atomic mass is 10.1. The number of benzene rings is 2. The SMILES string of the molecule is CNC(=O)c1ccc(CN(C)C(=O)CCNS(=O)(=O)c2ccc(OC(F)(F)F)cc2)cc1. The zero-order valence-electron chi connectivity index (χ0n) is 17.3. The minimum Gasteiger partial charge on any atom is -0.406 e. The van der Waals surface area contributed by atoms with Gasteiger partial charge in [-0.2, -0.15) is 0 Å². The highest BCUT2D eigenvalue weighted by Gasteiger charge is 2.31. The van der Waals surface area contributed by atoms with E-state index in [1.54, 1.807) is 31.3 Å². The van der Waals surface area contributed by atoms with Gasteiger partial charge in [-0.15, -0.1) is 13.2 Å². The summed E-state index contributed by atoms with van der Waals surface area (Å²) in [6, 6.07) is 10.4. The van der Waals surface area contributed by atoms with Crippen molar-refractivity contribution in [1.29, 1.82) is 0 Å². The van der Waals surface area contributed by atoms with E-state index in [-0.39, 0.29) is 36.2 Å². The van der Waals surface area contributed by atoms with Crippen LogP contribution in [0.3, 0.4) is 0 Å². The smallest absolute Gasteiger partial charge is 0.406 e. The van der Waals surface area contributed by atoms with Crippen molar-refractivity contribution in [1.82, 2.24) is 14.9 Å². The van der Waals surface area contributed by atoms with Gasteiger partial charge in [0, 0.05) is 39.2 Å². The maximum absolute atomic E-state index is 12.3. The Hall–Kier alpha value is -3.12. The summed E-state index contributed by atoms with van der Waals surface area (Å²) in [6.07, 6.45) is -5.00. The van der Waals surface area contributed by atoms with E-state index in [0.29, 0.717) is 5.56 Å². The van der Waals surface area contributed by atoms with Gasteiger partial charge < -0.3 is 15.0 Å². The van der Waals surface area contributed by atoms with Gasteiger partial charge in [-0.25, -0.2) is 13.1 Å². The first-order chi connectivity index (χ1) is 14.9. The van der Waals surface area contributed by atoms with E-state index in [2.05, 4.69) is 14.8 Å². The molecule has 0 fully saturated rings. The molecule has 0 unspecified atom stereocenters. The molecule has 2 rings (SSSR count). The molecule has 0 saturated carbocycles. The highest BCUT2D eigenvalue weighted by molar-refractivity contribution is 7.89. The van der Waals surface area contributed by atoms with E-state index in [0.717, 1.165) is 29.8 Å². The molecule has 2 amide bonds. The second kappa shape index (κ2) is 10.5. The standard InChI is InChI=1S/C20H22F3N3O5S/c1-24-19(28)15-5-3-14(4-6-15)13-26(2)18(27)11-12-25-32(29,30)17-9-7-16(8-10-17)31-20(21,22)23/h3-10,25H,11-13H2,1-2H3,(H,24,28). The van der Waals surface area contributed by atoms with Crippen LogP contribution in [0, 0.1) is 0 Å². The van der Waals surface area contributed by atoms with Crippen LogP contribution in [-0.4, -0.2) is 52.1 Å². The van der Waals surface area contributed by atoms with Crippen LogP contribution in [-0.2, 0) is 21.4 Å². The molecule has 2 aromatic carbocycles. The van der Waals surface area contributed by atoms with Gasteiger partial charge in [0.1, 0.15) is 5.75 Å². The van der Waals surface area contributed by atoms with Crippen molar-refractivity contribution in [2.24, 2.45) is 0 Å². The summed E-state index contributed by atoms with van der Waals surface area (Å²) in [5.41, 5.74) is 1.27. The van der Waals surface area contributed by atoms with E-state index in [4.69, 9.17) is 0 Å². The number of carbonyl (C=O) groups excluding carboxylic acids is 2. The van der Waals surface area contributed by atoms with Crippen LogP contribution in [0.4, 0.5) is 13.2 Å². The molecular formula is C20H22F3N3O5S. The summed E-state index contributed by atoms with van der Waals surface area (Å²) in [4.78, 5) is 25.0. The van der Waals surface area contributed by atoms with Gasteiger partial charge in [0.25, 0.3) is 5.91 Å². The molecule has 0 spiro atoms. The van der Waals surface area contributed by atoms with Crippen LogP contribution in [0.25, 0.3) is 0 Å². The normalized spacial score (nSPS) is 11.7. The summed E-state index contributed by atoms with van der Waals surface area (Å²) in [5.74, 6) is -1.09. The fraction of sp³-hybridized carbons (Fsp3) is 0.300. The Morgan fingerprint density at radius 1 is 1.03 bits per heavy atom. The molecule has 12 heteroatoms. The lowest BCUT2D eigenvalue weighted by Gasteiger charge is -2.18. The molecule has 32 heavy (non-hydrogen) atoms. The van der Waals surface area contributed by atoms with Crippen LogP contribution >= 0.6 is 0 Å². The van der Waals surface area contributed by atoms with Crippen molar-refractivity contribution in [3.63, 3.8) is 0 Å². The first kappa shape index (κ1) is 25.1. The summed E-state index contributed by atoms with van der Waals surface area (Å²) in [7, 11) is -0.931. The predicted molar refractivity (Wildman–Crippen MR) is 109 cm³/mol. The Bertz CT molecular complexity index is 1040. The first-order valence-corrected chi connectivity index (χ1v) is 10.8. The van der Waals surface area contributed by atoms with Gasteiger partial charge in [-0.3, -0.25) is 9.59 Å². The van der Waals surface area contributed by atoms with Gasteiger partial charge in [0.05, 0.1) is 4.90 Å². The number of alkyl halides is 3. The fourth-order valence-corrected chi connectivity index (χ4v) is 3.69. The second-order valence-corrected chi connectivity index (χ2v) is 8.46. The molecule has 0 aliphatic carbocycles. The quantitative estimate of drug-likeness (QED) is 0.582. The zero-order chi connectivity index (χ0) is 23.9. The number of nitrogens with one attached hydrogen (secondary N) is 2. The Morgan fingerprint density at radius 2 is 1.62 bits per heavy atom. The predicted octanol–water partition coefficient (Wildman–Crippen LogP) is 2.27. The molecular weight excluding hydrogens is 451 g/mol. The van der Waals surface area contributed by atoms with Gasteiger partial charge in [0.15, 0.2) is 0 Å². The molecule has 2 aromatic rings. The van der Waals surface area contributed by atoms with Crippen molar-refractivity contribution in [2.45, 2.75) is 24.2 Å². The number of carbonyl (C=O) groups is 2. The van der Waals surface area contributed by atoms with Crippen molar-refractivity contribution < 1.29 is 35.9 Å². The van der Waals surface area contributed by atoms with Gasteiger partial charge in [0.2, 0.25) is 15.9 Å². The third-order valence-electron chi connectivity index (χ3n) is 4.29. The number of hydrogen-bond acceptors (Lipinski definition) is 5. The van der Waals surface area contributed by atoms with E-state index in [9.17, 15) is 31.2 Å². The maximum Gasteiger partial charge on any atom is 0.573 e. The number of halogens is 3. The topological polar surface area (TPSA) is 105 Å². The second-order valence-electron chi connectivity index (χ2n) is 6.69. The minimum absolute atomic E-state index is 0.124. The zero-order valence-corrected chi connectivity index (χ0v) is 18.1. The molecule has 8 nitrogen and oxygen atoms in total. The number of hydrogen-bond donors (Lipinski definition) is 2. The molecule has 0 heterocycles. The summed E-state index contributed by atoms with van der Waals surface area (Å²) in [6.45, 7) is 0.0716. The largest absolute Gasteiger partial charge is 0.573 e. The lowest BCUT2D eigenvalue weighted by molar-refractivity contribution is -0.274. The average molecular weight is 473 g/mol. The third kappa shape index (κ3) is 7.54. The Kier molecular flexibility index (Phi) is 8.22. The summed E-state index contributed by atoms with van der Waals surface area (Å²) < 4.78 is 67.0. The highest BCUT2D eigenvalue weighted by atomic mass is 32.2. The number of rotatable bonds is 9. The van der Waals surface area contributed by atoms with Crippen LogP contribution in [0.1, 0.15) is 22.3 Å². The van der Waals surface area contributed by atoms with Crippen molar-refractivity contribution in [3.8, 4) is 5.75 Å². The van der Waals surface area contributed by atoms with Crippen molar-refractivity contribution in [2.75, 3.05) is 20.6 Å². The number of amides is 2. The third-order valence-corrected chi connectivity index (χ3v) is 5.76. The highest BCUT2D eigenvalue weighted by Crippen LogP contribution is 2.23. The average Bonchev–Trinajstić information content (AvgIpc) is 2.72. The van der Waals surface area contributed by atoms with Crippen molar-refractivity contribution in [3.05, 3.63) is 59.7 Å². The van der Waals surface area contributed by atoms with Crippen LogP contribution < -0.4 is 14.8 Å². The van der Waals surface area contributed by atoms with Gasteiger partial charge in [-0.05, 0) is 42.0 Å². The van der Waals surface area contributed by atoms with Gasteiger partial charge in [-0.1, -0.05) is 12.1 Å². The Balaban J connectivity index is 1.86.